The van der Waals surface area contributed by atoms with Crippen molar-refractivity contribution in [2.75, 3.05) is 6.61 Å². The quantitative estimate of drug-likeness (QED) is 0.215. The molecule has 2 atom stereocenters. The third kappa shape index (κ3) is 23.1. The van der Waals surface area contributed by atoms with Gasteiger partial charge in [0.15, 0.2) is 0 Å². The van der Waals surface area contributed by atoms with Crippen molar-refractivity contribution in [2.24, 2.45) is 0 Å². The van der Waals surface area contributed by atoms with Crippen molar-refractivity contribution in [1.29, 1.82) is 0 Å². The van der Waals surface area contributed by atoms with Gasteiger partial charge in [0, 0.05) is 19.4 Å². The van der Waals surface area contributed by atoms with Gasteiger partial charge in [-0.15, -0.1) is 0 Å². The number of aliphatic hydroxyl groups excluding tert-OH is 1. The van der Waals surface area contributed by atoms with Gasteiger partial charge in [-0.2, -0.15) is 0 Å². The Morgan fingerprint density at radius 2 is 1.52 bits per heavy atom. The Hall–Kier alpha value is -2.81. The largest absolute Gasteiger partial charge is 0.490 e. The van der Waals surface area contributed by atoms with Crippen molar-refractivity contribution in [1.82, 2.24) is 5.32 Å². The molecule has 9 heteroatoms. The number of aliphatic hydroxyl groups is 1. The van der Waals surface area contributed by atoms with E-state index < -0.39 is 23.4 Å². The van der Waals surface area contributed by atoms with Crippen LogP contribution < -0.4 is 10.1 Å². The van der Waals surface area contributed by atoms with Crippen LogP contribution in [0, 0.1) is 0 Å². The van der Waals surface area contributed by atoms with Gasteiger partial charge in [0.05, 0.1) is 0 Å². The van der Waals surface area contributed by atoms with Crippen LogP contribution in [0.25, 0.3) is 0 Å². The van der Waals surface area contributed by atoms with Crippen LogP contribution >= 0.6 is 0 Å². The topological polar surface area (TPSA) is 120 Å². The summed E-state index contributed by atoms with van der Waals surface area (Å²) in [5, 5.41) is 10.2. The molecule has 1 saturated heterocycles. The maximum absolute atomic E-state index is 11.5. The van der Waals surface area contributed by atoms with E-state index in [1.807, 2.05) is 42.6 Å². The van der Waals surface area contributed by atoms with Gasteiger partial charge in [-0.1, -0.05) is 44.4 Å². The van der Waals surface area contributed by atoms with Gasteiger partial charge in [-0.25, -0.2) is 14.9 Å². The molecule has 2 rings (SSSR count). The minimum atomic E-state index is -0.809. The van der Waals surface area contributed by atoms with Crippen molar-refractivity contribution >= 4 is 18.2 Å². The number of rotatable bonds is 5. The van der Waals surface area contributed by atoms with Gasteiger partial charge in [-0.3, -0.25) is 4.79 Å². The monoisotopic (exact) mass is 567 g/mol. The summed E-state index contributed by atoms with van der Waals surface area (Å²) in [6, 6.07) is 9.85. The van der Waals surface area contributed by atoms with Gasteiger partial charge in [0.2, 0.25) is 0 Å². The van der Waals surface area contributed by atoms with Gasteiger partial charge in [-0.05, 0) is 86.3 Å². The van der Waals surface area contributed by atoms with Crippen LogP contribution in [-0.2, 0) is 19.0 Å². The molecule has 0 spiro atoms. The van der Waals surface area contributed by atoms with Crippen LogP contribution in [0.5, 0.6) is 5.75 Å². The second kappa shape index (κ2) is 20.1. The number of imide groups is 1. The average molecular weight is 568 g/mol. The van der Waals surface area contributed by atoms with E-state index in [-0.39, 0.29) is 18.2 Å². The number of ether oxygens (including phenoxy) is 4. The van der Waals surface area contributed by atoms with Crippen molar-refractivity contribution < 1.29 is 38.4 Å². The number of amides is 2. The zero-order valence-electron chi connectivity index (χ0n) is 25.9. The highest BCUT2D eigenvalue weighted by atomic mass is 16.6. The molecule has 230 valence electrons. The molecule has 1 fully saturated rings. The predicted molar refractivity (Wildman–Crippen MR) is 156 cm³/mol. The molecule has 40 heavy (non-hydrogen) atoms. The molecule has 0 radical (unpaired) electrons. The third-order valence-corrected chi connectivity index (χ3v) is 5.14. The highest BCUT2D eigenvalue weighted by molar-refractivity contribution is 5.87. The summed E-state index contributed by atoms with van der Waals surface area (Å²) >= 11 is 0. The fraction of sp³-hybridized carbons (Fsp3) is 0.710. The summed E-state index contributed by atoms with van der Waals surface area (Å²) in [5.74, 6) is 0.816. The third-order valence-electron chi connectivity index (χ3n) is 5.14. The van der Waals surface area contributed by atoms with Crippen molar-refractivity contribution in [3.05, 3.63) is 30.3 Å². The fourth-order valence-electron chi connectivity index (χ4n) is 3.49. The van der Waals surface area contributed by atoms with Crippen LogP contribution in [0.15, 0.2) is 30.3 Å². The lowest BCUT2D eigenvalue weighted by molar-refractivity contribution is -0.149. The first-order chi connectivity index (χ1) is 18.6. The maximum Gasteiger partial charge on any atom is 0.417 e. The molecule has 2 amide bonds. The second-order valence-corrected chi connectivity index (χ2v) is 11.7. The highest BCUT2D eigenvalue weighted by Crippen LogP contribution is 2.21. The minimum Gasteiger partial charge on any atom is -0.490 e. The first-order valence-corrected chi connectivity index (χ1v) is 14.4. The molecule has 0 saturated carbocycles. The van der Waals surface area contributed by atoms with Crippen LogP contribution in [0.3, 0.4) is 0 Å². The van der Waals surface area contributed by atoms with E-state index in [9.17, 15) is 14.4 Å². The molecular formula is C31H53NO8. The number of carbonyl (C=O) groups is 3. The number of unbranched alkanes of at least 4 members (excludes halogenated alkanes) is 2. The highest BCUT2D eigenvalue weighted by Gasteiger charge is 2.22. The van der Waals surface area contributed by atoms with Crippen molar-refractivity contribution in [3.63, 3.8) is 0 Å². The molecule has 0 bridgehead atoms. The summed E-state index contributed by atoms with van der Waals surface area (Å²) in [4.78, 5) is 33.8. The molecule has 1 aromatic rings. The second-order valence-electron chi connectivity index (χ2n) is 11.7. The zero-order chi connectivity index (χ0) is 30.6. The molecule has 1 aliphatic heterocycles. The molecular weight excluding hydrogens is 514 g/mol. The SMILES string of the molecule is CC(C)(C)OC(=O)NC(=O)OC(C)(C)C.CC1CC(Oc2ccccc2)CCCCCC(=O)O1.CCCCCO. The smallest absolute Gasteiger partial charge is 0.417 e. The Balaban J connectivity index is 0.000000647. The predicted octanol–water partition coefficient (Wildman–Crippen LogP) is 7.34. The molecule has 1 aliphatic rings. The standard InChI is InChI=1S/C16H22O3.C10H19NO4.C5H12O/c1-13-12-15(19-14-8-4-2-5-9-14)10-6-3-7-11-16(17)18-13;1-9(2,3)14-7(12)11-8(13)15-10(4,5)6;1-2-3-4-5-6/h2,4-5,8-9,13,15H,3,6-7,10-12H2,1H3;1-6H3,(H,11,12,13);6H,2-5H2,1H3. The Bertz CT molecular complexity index is 800. The Morgan fingerprint density at radius 1 is 0.950 bits per heavy atom. The Kier molecular flexibility index (Phi) is 18.7. The summed E-state index contributed by atoms with van der Waals surface area (Å²) < 4.78 is 21.1. The number of nitrogens with one attached hydrogen (secondary N) is 1. The normalized spacial score (nSPS) is 17.9. The van der Waals surface area contributed by atoms with Crippen LogP contribution in [0.1, 0.15) is 113 Å². The van der Waals surface area contributed by atoms with E-state index in [0.717, 1.165) is 50.7 Å². The fourth-order valence-corrected chi connectivity index (χ4v) is 3.49. The summed E-state index contributed by atoms with van der Waals surface area (Å²) in [5.41, 5.74) is -1.27. The number of para-hydroxylation sites is 1. The molecule has 9 nitrogen and oxygen atoms in total. The summed E-state index contributed by atoms with van der Waals surface area (Å²) in [6.07, 6.45) is 7.20. The van der Waals surface area contributed by atoms with Crippen LogP contribution in [-0.4, -0.2) is 53.3 Å². The Labute approximate surface area is 241 Å². The van der Waals surface area contributed by atoms with Crippen LogP contribution in [0.2, 0.25) is 0 Å². The maximum atomic E-state index is 11.5. The van der Waals surface area contributed by atoms with Crippen molar-refractivity contribution in [3.8, 4) is 5.75 Å². The van der Waals surface area contributed by atoms with E-state index in [1.54, 1.807) is 41.5 Å². The first-order valence-electron chi connectivity index (χ1n) is 14.4. The summed E-state index contributed by atoms with van der Waals surface area (Å²) in [7, 11) is 0. The van der Waals surface area contributed by atoms with Gasteiger partial charge in [0.25, 0.3) is 0 Å². The number of hydrogen-bond donors (Lipinski definition) is 2. The van der Waals surface area contributed by atoms with Crippen molar-refractivity contribution in [2.45, 2.75) is 137 Å². The van der Waals surface area contributed by atoms with Gasteiger partial charge < -0.3 is 24.1 Å². The summed E-state index contributed by atoms with van der Waals surface area (Å²) in [6.45, 7) is 14.7. The molecule has 2 unspecified atom stereocenters. The number of hydrogen-bond acceptors (Lipinski definition) is 8. The van der Waals surface area contributed by atoms with E-state index in [1.165, 1.54) is 6.42 Å². The number of benzene rings is 1. The minimum absolute atomic E-state index is 0.0701. The van der Waals surface area contributed by atoms with E-state index >= 15 is 0 Å². The molecule has 1 heterocycles. The molecule has 0 aromatic heterocycles. The number of alkyl carbamates (subject to hydrolysis) is 2. The van der Waals surface area contributed by atoms with Gasteiger partial charge in [0.1, 0.15) is 29.2 Å². The molecule has 0 aliphatic carbocycles. The lowest BCUT2D eigenvalue weighted by atomic mass is 10.0. The number of esters is 1. The lowest BCUT2D eigenvalue weighted by Gasteiger charge is -2.24. The molecule has 1 aromatic carbocycles. The number of cyclic esters (lactones) is 1. The van der Waals surface area contributed by atoms with Crippen LogP contribution in [0.4, 0.5) is 9.59 Å². The van der Waals surface area contributed by atoms with Gasteiger partial charge >= 0.3 is 18.2 Å². The van der Waals surface area contributed by atoms with E-state index in [4.69, 9.17) is 24.1 Å². The van der Waals surface area contributed by atoms with E-state index in [2.05, 4.69) is 6.92 Å². The Morgan fingerprint density at radius 3 is 2.00 bits per heavy atom. The molecule has 2 N–H and O–H groups in total. The average Bonchev–Trinajstić information content (AvgIpc) is 2.81. The first kappa shape index (κ1) is 37.2. The number of carbonyl (C=O) groups excluding carboxylic acids is 3. The lowest BCUT2D eigenvalue weighted by Crippen LogP contribution is -2.39. The van der Waals surface area contributed by atoms with E-state index in [0.29, 0.717) is 13.0 Å². The zero-order valence-corrected chi connectivity index (χ0v) is 25.9.